The number of ether oxygens (including phenoxy) is 1. The SMILES string of the molecule is COC1CCC(NC(=O)C(=O)Nc2nn(C3[C@@H]4CC5C[C@H]3CC(O)(C5)C4)c3c2NNC2N=CC=C32)CC1. The molecule has 1 aromatic heterocycles. The summed E-state index contributed by atoms with van der Waals surface area (Å²) in [6, 6.07) is 0.111. The maximum Gasteiger partial charge on any atom is 0.314 e. The van der Waals surface area contributed by atoms with Crippen molar-refractivity contribution in [3.05, 3.63) is 11.8 Å². The Morgan fingerprint density at radius 1 is 1.14 bits per heavy atom. The Bertz CT molecular complexity index is 1170. The molecule has 5 saturated carbocycles. The minimum Gasteiger partial charge on any atom is -0.390 e. The van der Waals surface area contributed by atoms with Crippen molar-refractivity contribution >= 4 is 35.1 Å². The molecular formula is C26H35N7O4. The third-order valence-electron chi connectivity index (χ3n) is 9.56. The molecule has 37 heavy (non-hydrogen) atoms. The molecule has 2 aliphatic heterocycles. The fourth-order valence-electron chi connectivity index (χ4n) is 8.19. The quantitative estimate of drug-likeness (QED) is 0.389. The van der Waals surface area contributed by atoms with Crippen LogP contribution in [-0.2, 0) is 14.3 Å². The number of anilines is 2. The smallest absolute Gasteiger partial charge is 0.314 e. The molecule has 6 atom stereocenters. The first kappa shape index (κ1) is 23.4. The van der Waals surface area contributed by atoms with E-state index >= 15 is 0 Å². The second-order valence-corrected chi connectivity index (χ2v) is 11.9. The van der Waals surface area contributed by atoms with Gasteiger partial charge in [-0.3, -0.25) is 24.6 Å². The van der Waals surface area contributed by atoms with Gasteiger partial charge in [-0.05, 0) is 81.6 Å². The van der Waals surface area contributed by atoms with E-state index in [0.717, 1.165) is 69.1 Å². The number of aliphatic hydroxyl groups is 1. The number of nitrogens with one attached hydrogen (secondary N) is 4. The van der Waals surface area contributed by atoms with Crippen molar-refractivity contribution < 1.29 is 19.4 Å². The van der Waals surface area contributed by atoms with E-state index in [1.54, 1.807) is 13.3 Å². The van der Waals surface area contributed by atoms with Crippen molar-refractivity contribution in [2.24, 2.45) is 22.7 Å². The number of methoxy groups -OCH3 is 1. The standard InChI is InChI=1S/C26H35N7O4/c1-37-17-4-2-16(3-5-17)28-24(34)25(35)29-23-19-21(18-6-7-27-22(18)31-30-19)33(32-23)20-14-8-13-9-15(20)12-26(36,10-13)11-14/h6-7,13-17,20,22,30-31,36H,2-5,8-12H2,1H3,(H,28,34)(H,29,32,35)/t13?,14-,15+,16?,17?,20?,22?,26?. The molecule has 0 saturated heterocycles. The minimum absolute atomic E-state index is 0.0312. The summed E-state index contributed by atoms with van der Waals surface area (Å²) in [6.45, 7) is 0. The molecule has 0 radical (unpaired) electrons. The average molecular weight is 510 g/mol. The van der Waals surface area contributed by atoms with Gasteiger partial charge in [0.15, 0.2) is 5.82 Å². The van der Waals surface area contributed by atoms with Gasteiger partial charge < -0.3 is 20.6 Å². The van der Waals surface area contributed by atoms with Gasteiger partial charge >= 0.3 is 11.8 Å². The Labute approximate surface area is 215 Å². The van der Waals surface area contributed by atoms with Gasteiger partial charge in [-0.25, -0.2) is 5.43 Å². The topological polar surface area (TPSA) is 142 Å². The molecule has 0 aromatic carbocycles. The number of carbonyl (C=O) groups excluding carboxylic acids is 2. The normalized spacial score (nSPS) is 39.0. The molecule has 5 N–H and O–H groups in total. The van der Waals surface area contributed by atoms with Gasteiger partial charge in [0.1, 0.15) is 11.9 Å². The van der Waals surface area contributed by atoms with Gasteiger partial charge in [0.05, 0.1) is 23.4 Å². The van der Waals surface area contributed by atoms with Crippen molar-refractivity contribution in [2.45, 2.75) is 87.7 Å². The van der Waals surface area contributed by atoms with E-state index in [0.29, 0.717) is 29.3 Å². The van der Waals surface area contributed by atoms with Gasteiger partial charge in [-0.1, -0.05) is 0 Å². The van der Waals surface area contributed by atoms with E-state index in [1.165, 1.54) is 0 Å². The highest BCUT2D eigenvalue weighted by Gasteiger charge is 2.56. The number of hydrazine groups is 1. The first-order chi connectivity index (χ1) is 17.9. The van der Waals surface area contributed by atoms with E-state index in [9.17, 15) is 14.7 Å². The number of carbonyl (C=O) groups is 2. The second kappa shape index (κ2) is 8.64. The highest BCUT2D eigenvalue weighted by Crippen LogP contribution is 2.60. The number of fused-ring (bicyclic) bond motifs is 3. The molecule has 5 fully saturated rings. The lowest BCUT2D eigenvalue weighted by Gasteiger charge is -2.58. The number of amides is 2. The Morgan fingerprint density at radius 2 is 1.89 bits per heavy atom. The highest BCUT2D eigenvalue weighted by atomic mass is 16.5. The number of aliphatic imine (C=N–C) groups is 1. The van der Waals surface area contributed by atoms with Gasteiger partial charge in [-0.15, -0.1) is 0 Å². The van der Waals surface area contributed by atoms with E-state index < -0.39 is 17.4 Å². The largest absolute Gasteiger partial charge is 0.390 e. The lowest BCUT2D eigenvalue weighted by atomic mass is 9.52. The number of nitrogens with zero attached hydrogens (tertiary/aromatic N) is 3. The maximum atomic E-state index is 13.0. The van der Waals surface area contributed by atoms with Crippen molar-refractivity contribution in [3.63, 3.8) is 0 Å². The molecule has 198 valence electrons. The Balaban J connectivity index is 1.15. The highest BCUT2D eigenvalue weighted by molar-refractivity contribution is 6.40. The molecule has 4 bridgehead atoms. The van der Waals surface area contributed by atoms with Gasteiger partial charge in [0.2, 0.25) is 0 Å². The van der Waals surface area contributed by atoms with Crippen LogP contribution >= 0.6 is 0 Å². The van der Waals surface area contributed by atoms with Gasteiger partial charge in [-0.2, -0.15) is 5.10 Å². The third-order valence-corrected chi connectivity index (χ3v) is 9.56. The Kier molecular flexibility index (Phi) is 5.46. The van der Waals surface area contributed by atoms with Crippen LogP contribution in [0.3, 0.4) is 0 Å². The van der Waals surface area contributed by atoms with Gasteiger partial charge in [0, 0.05) is 24.9 Å². The lowest BCUT2D eigenvalue weighted by Crippen LogP contribution is -2.55. The lowest BCUT2D eigenvalue weighted by molar-refractivity contribution is -0.148. The van der Waals surface area contributed by atoms with Crippen LogP contribution in [0.15, 0.2) is 11.1 Å². The average Bonchev–Trinajstić information content (AvgIpc) is 3.48. The summed E-state index contributed by atoms with van der Waals surface area (Å²) in [7, 11) is 1.71. The Hall–Kier alpha value is -2.76. The van der Waals surface area contributed by atoms with E-state index in [-0.39, 0.29) is 24.4 Å². The molecule has 2 amide bonds. The van der Waals surface area contributed by atoms with Crippen LogP contribution in [0.1, 0.15) is 69.5 Å². The van der Waals surface area contributed by atoms with Crippen LogP contribution < -0.4 is 21.5 Å². The molecule has 3 heterocycles. The summed E-state index contributed by atoms with van der Waals surface area (Å²) in [5, 5.41) is 21.7. The molecule has 11 heteroatoms. The monoisotopic (exact) mass is 509 g/mol. The number of aromatic nitrogens is 2. The second-order valence-electron chi connectivity index (χ2n) is 11.9. The van der Waals surface area contributed by atoms with Crippen molar-refractivity contribution in [2.75, 3.05) is 17.9 Å². The van der Waals surface area contributed by atoms with E-state index in [1.807, 2.05) is 6.08 Å². The molecule has 0 spiro atoms. The van der Waals surface area contributed by atoms with Crippen LogP contribution in [0.5, 0.6) is 0 Å². The summed E-state index contributed by atoms with van der Waals surface area (Å²) >= 11 is 0. The van der Waals surface area contributed by atoms with E-state index in [4.69, 9.17) is 9.84 Å². The van der Waals surface area contributed by atoms with Crippen molar-refractivity contribution in [1.29, 1.82) is 0 Å². The molecule has 8 rings (SSSR count). The molecule has 1 aromatic rings. The number of hydrogen-bond donors (Lipinski definition) is 5. The van der Waals surface area contributed by atoms with Gasteiger partial charge in [0.25, 0.3) is 0 Å². The third kappa shape index (κ3) is 3.90. The summed E-state index contributed by atoms with van der Waals surface area (Å²) < 4.78 is 7.47. The number of rotatable bonds is 4. The van der Waals surface area contributed by atoms with Crippen LogP contribution in [0.2, 0.25) is 0 Å². The van der Waals surface area contributed by atoms with E-state index in [2.05, 4.69) is 31.2 Å². The molecular weight excluding hydrogens is 474 g/mol. The molecule has 4 unspecified atom stereocenters. The maximum absolute atomic E-state index is 13.0. The number of allylic oxidation sites excluding steroid dienone is 1. The molecule has 11 nitrogen and oxygen atoms in total. The summed E-state index contributed by atoms with van der Waals surface area (Å²) in [5.41, 5.74) is 8.37. The molecule has 7 aliphatic rings. The van der Waals surface area contributed by atoms with Crippen LogP contribution in [0.4, 0.5) is 11.5 Å². The van der Waals surface area contributed by atoms with Crippen molar-refractivity contribution in [3.8, 4) is 0 Å². The Morgan fingerprint density at radius 3 is 2.59 bits per heavy atom. The van der Waals surface area contributed by atoms with Crippen LogP contribution in [0.25, 0.3) is 5.57 Å². The van der Waals surface area contributed by atoms with Crippen LogP contribution in [0, 0.1) is 17.8 Å². The summed E-state index contributed by atoms with van der Waals surface area (Å²) in [4.78, 5) is 30.2. The molecule has 5 aliphatic carbocycles. The fourth-order valence-corrected chi connectivity index (χ4v) is 8.19. The summed E-state index contributed by atoms with van der Waals surface area (Å²) in [5.74, 6) is 0.224. The van der Waals surface area contributed by atoms with Crippen LogP contribution in [-0.4, -0.2) is 63.9 Å². The zero-order chi connectivity index (χ0) is 25.3. The predicted molar refractivity (Wildman–Crippen MR) is 137 cm³/mol. The first-order valence-corrected chi connectivity index (χ1v) is 13.7. The zero-order valence-corrected chi connectivity index (χ0v) is 21.1. The number of hydrogen-bond acceptors (Lipinski definition) is 8. The fraction of sp³-hybridized carbons (Fsp3) is 0.692. The zero-order valence-electron chi connectivity index (χ0n) is 21.1. The minimum atomic E-state index is -0.721. The first-order valence-electron chi connectivity index (χ1n) is 13.7. The summed E-state index contributed by atoms with van der Waals surface area (Å²) in [6.07, 6.45) is 11.8. The predicted octanol–water partition coefficient (Wildman–Crippen LogP) is 1.73. The van der Waals surface area contributed by atoms with Crippen molar-refractivity contribution in [1.82, 2.24) is 20.5 Å².